The fourth-order valence-electron chi connectivity index (χ4n) is 2.53. The number of hydrogen-bond acceptors (Lipinski definition) is 6. The number of aromatic nitrogens is 3. The van der Waals surface area contributed by atoms with Crippen LogP contribution >= 0.6 is 0 Å². The number of ether oxygens (including phenoxy) is 1. The standard InChI is InChI=1S/C17H21N5O2/c1-21(9-5-14-2-6-18-7-3-14)16(23)15-4-8-19-17(20-15)22-10-12-24-13-11-22/h2-4,6-8H,5,9-13H2,1H3. The Hall–Kier alpha value is -2.54. The third-order valence-corrected chi connectivity index (χ3v) is 3.99. The SMILES string of the molecule is CN(CCc1ccncc1)C(=O)c1ccnc(N2CCOCC2)n1. The van der Waals surface area contributed by atoms with Crippen LogP contribution in [0, 0.1) is 0 Å². The van der Waals surface area contributed by atoms with E-state index in [0.29, 0.717) is 31.4 Å². The molecule has 1 saturated heterocycles. The van der Waals surface area contributed by atoms with Gasteiger partial charge in [-0.25, -0.2) is 9.97 Å². The zero-order valence-electron chi connectivity index (χ0n) is 13.8. The number of anilines is 1. The Morgan fingerprint density at radius 1 is 1.21 bits per heavy atom. The molecule has 126 valence electrons. The molecule has 24 heavy (non-hydrogen) atoms. The highest BCUT2D eigenvalue weighted by Crippen LogP contribution is 2.11. The van der Waals surface area contributed by atoms with Gasteiger partial charge >= 0.3 is 0 Å². The van der Waals surface area contributed by atoms with Gasteiger partial charge in [0.2, 0.25) is 5.95 Å². The molecule has 7 heteroatoms. The first-order valence-electron chi connectivity index (χ1n) is 8.04. The van der Waals surface area contributed by atoms with Crippen LogP contribution in [0.25, 0.3) is 0 Å². The van der Waals surface area contributed by atoms with Crippen LogP contribution < -0.4 is 4.90 Å². The molecule has 1 aliphatic rings. The lowest BCUT2D eigenvalue weighted by Gasteiger charge is -2.27. The predicted molar refractivity (Wildman–Crippen MR) is 90.0 cm³/mol. The molecule has 0 aromatic carbocycles. The van der Waals surface area contributed by atoms with Gasteiger partial charge in [-0.15, -0.1) is 0 Å². The molecule has 2 aromatic heterocycles. The van der Waals surface area contributed by atoms with Gasteiger partial charge in [-0.1, -0.05) is 0 Å². The minimum Gasteiger partial charge on any atom is -0.378 e. The van der Waals surface area contributed by atoms with Crippen molar-refractivity contribution in [2.75, 3.05) is 44.8 Å². The van der Waals surface area contributed by atoms with Gasteiger partial charge in [0.25, 0.3) is 5.91 Å². The zero-order chi connectivity index (χ0) is 16.8. The molecule has 0 aliphatic carbocycles. The van der Waals surface area contributed by atoms with Gasteiger partial charge in [-0.05, 0) is 30.2 Å². The molecular formula is C17H21N5O2. The summed E-state index contributed by atoms with van der Waals surface area (Å²) in [6.45, 7) is 3.44. The smallest absolute Gasteiger partial charge is 0.272 e. The summed E-state index contributed by atoms with van der Waals surface area (Å²) in [5, 5.41) is 0. The lowest BCUT2D eigenvalue weighted by Crippen LogP contribution is -2.38. The largest absolute Gasteiger partial charge is 0.378 e. The van der Waals surface area contributed by atoms with Crippen LogP contribution in [0.15, 0.2) is 36.8 Å². The van der Waals surface area contributed by atoms with Crippen molar-refractivity contribution in [1.29, 1.82) is 0 Å². The van der Waals surface area contributed by atoms with Gasteiger partial charge < -0.3 is 14.5 Å². The Balaban J connectivity index is 1.63. The lowest BCUT2D eigenvalue weighted by atomic mass is 10.2. The van der Waals surface area contributed by atoms with E-state index in [2.05, 4.69) is 15.0 Å². The van der Waals surface area contributed by atoms with Crippen molar-refractivity contribution in [1.82, 2.24) is 19.9 Å². The van der Waals surface area contributed by atoms with Crippen LogP contribution in [-0.2, 0) is 11.2 Å². The molecule has 2 aromatic rings. The van der Waals surface area contributed by atoms with Gasteiger partial charge in [0.1, 0.15) is 5.69 Å². The summed E-state index contributed by atoms with van der Waals surface area (Å²) in [5.74, 6) is 0.493. The van der Waals surface area contributed by atoms with Crippen molar-refractivity contribution in [2.45, 2.75) is 6.42 Å². The van der Waals surface area contributed by atoms with Crippen molar-refractivity contribution in [3.63, 3.8) is 0 Å². The lowest BCUT2D eigenvalue weighted by molar-refractivity contribution is 0.0790. The maximum absolute atomic E-state index is 12.6. The molecule has 0 spiro atoms. The summed E-state index contributed by atoms with van der Waals surface area (Å²) >= 11 is 0. The highest BCUT2D eigenvalue weighted by atomic mass is 16.5. The number of morpholine rings is 1. The predicted octanol–water partition coefficient (Wildman–Crippen LogP) is 1.02. The molecule has 0 saturated carbocycles. The highest BCUT2D eigenvalue weighted by Gasteiger charge is 2.18. The Labute approximate surface area is 141 Å². The van der Waals surface area contributed by atoms with E-state index >= 15 is 0 Å². The molecule has 1 fully saturated rings. The van der Waals surface area contributed by atoms with Crippen molar-refractivity contribution in [2.24, 2.45) is 0 Å². The number of pyridine rings is 1. The monoisotopic (exact) mass is 327 g/mol. The third kappa shape index (κ3) is 4.05. The number of rotatable bonds is 5. The summed E-state index contributed by atoms with van der Waals surface area (Å²) < 4.78 is 5.33. The number of amides is 1. The van der Waals surface area contributed by atoms with Crippen molar-refractivity contribution in [3.05, 3.63) is 48.0 Å². The second-order valence-electron chi connectivity index (χ2n) is 5.67. The van der Waals surface area contributed by atoms with Crippen LogP contribution in [0.2, 0.25) is 0 Å². The van der Waals surface area contributed by atoms with Crippen molar-refractivity contribution < 1.29 is 9.53 Å². The first-order chi connectivity index (χ1) is 11.7. The number of hydrogen-bond donors (Lipinski definition) is 0. The van der Waals surface area contributed by atoms with Crippen molar-refractivity contribution in [3.8, 4) is 0 Å². The van der Waals surface area contributed by atoms with E-state index in [9.17, 15) is 4.79 Å². The van der Waals surface area contributed by atoms with Crippen LogP contribution in [0.1, 0.15) is 16.1 Å². The van der Waals surface area contributed by atoms with E-state index in [4.69, 9.17) is 4.74 Å². The summed E-state index contributed by atoms with van der Waals surface area (Å²) in [6, 6.07) is 5.58. The van der Waals surface area contributed by atoms with Gasteiger partial charge in [0, 0.05) is 45.3 Å². The van der Waals surface area contributed by atoms with E-state index in [0.717, 1.165) is 25.1 Å². The first kappa shape index (κ1) is 16.3. The van der Waals surface area contributed by atoms with E-state index in [-0.39, 0.29) is 5.91 Å². The quantitative estimate of drug-likeness (QED) is 0.817. The Kier molecular flexibility index (Phi) is 5.32. The van der Waals surface area contributed by atoms with Gasteiger partial charge in [0.15, 0.2) is 0 Å². The van der Waals surface area contributed by atoms with Crippen molar-refractivity contribution >= 4 is 11.9 Å². The maximum Gasteiger partial charge on any atom is 0.272 e. The molecule has 0 unspecified atom stereocenters. The van der Waals surface area contributed by atoms with E-state index in [1.54, 1.807) is 36.6 Å². The molecule has 0 N–H and O–H groups in total. The number of likely N-dealkylation sites (N-methyl/N-ethyl adjacent to an activating group) is 1. The zero-order valence-corrected chi connectivity index (χ0v) is 13.8. The molecule has 0 bridgehead atoms. The fraction of sp³-hybridized carbons (Fsp3) is 0.412. The molecule has 1 amide bonds. The minimum atomic E-state index is -0.0963. The summed E-state index contributed by atoms with van der Waals surface area (Å²) in [4.78, 5) is 29.0. The maximum atomic E-state index is 12.6. The summed E-state index contributed by atoms with van der Waals surface area (Å²) in [5.41, 5.74) is 1.57. The molecule has 0 radical (unpaired) electrons. The van der Waals surface area contributed by atoms with Gasteiger partial charge in [-0.2, -0.15) is 0 Å². The summed E-state index contributed by atoms with van der Waals surface area (Å²) in [7, 11) is 1.79. The molecule has 3 rings (SSSR count). The molecule has 3 heterocycles. The van der Waals surface area contributed by atoms with Gasteiger partial charge in [-0.3, -0.25) is 9.78 Å². The van der Waals surface area contributed by atoms with Gasteiger partial charge in [0.05, 0.1) is 13.2 Å². The molecule has 7 nitrogen and oxygen atoms in total. The topological polar surface area (TPSA) is 71.5 Å². The fourth-order valence-corrected chi connectivity index (χ4v) is 2.53. The van der Waals surface area contributed by atoms with Crippen LogP contribution in [0.3, 0.4) is 0 Å². The number of carbonyl (C=O) groups excluding carboxylic acids is 1. The summed E-state index contributed by atoms with van der Waals surface area (Å²) in [6.07, 6.45) is 5.94. The van der Waals surface area contributed by atoms with E-state index in [1.165, 1.54) is 0 Å². The van der Waals surface area contributed by atoms with E-state index in [1.807, 2.05) is 17.0 Å². The normalized spacial score (nSPS) is 14.5. The van der Waals surface area contributed by atoms with Crippen LogP contribution in [0.4, 0.5) is 5.95 Å². The Morgan fingerprint density at radius 3 is 2.71 bits per heavy atom. The highest BCUT2D eigenvalue weighted by molar-refractivity contribution is 5.92. The Morgan fingerprint density at radius 2 is 1.96 bits per heavy atom. The number of nitrogens with zero attached hydrogens (tertiary/aromatic N) is 5. The average molecular weight is 327 g/mol. The molecule has 1 aliphatic heterocycles. The van der Waals surface area contributed by atoms with E-state index < -0.39 is 0 Å². The first-order valence-corrected chi connectivity index (χ1v) is 8.04. The number of carbonyl (C=O) groups is 1. The van der Waals surface area contributed by atoms with Crippen LogP contribution in [-0.4, -0.2) is 65.7 Å². The molecular weight excluding hydrogens is 306 g/mol. The second-order valence-corrected chi connectivity index (χ2v) is 5.67. The minimum absolute atomic E-state index is 0.0963. The average Bonchev–Trinajstić information content (AvgIpc) is 2.67. The molecule has 0 atom stereocenters. The van der Waals surface area contributed by atoms with Crippen LogP contribution in [0.5, 0.6) is 0 Å². The second kappa shape index (κ2) is 7.83. The Bertz CT molecular complexity index is 674. The third-order valence-electron chi connectivity index (χ3n) is 3.99.